The fourth-order valence-corrected chi connectivity index (χ4v) is 3.26. The number of hydrogen-bond donors (Lipinski definition) is 0. The molecule has 1 unspecified atom stereocenters. The van der Waals surface area contributed by atoms with Crippen LogP contribution in [0.15, 0.2) is 48.5 Å². The van der Waals surface area contributed by atoms with E-state index in [-0.39, 0.29) is 28.2 Å². The van der Waals surface area contributed by atoms with E-state index in [2.05, 4.69) is 4.90 Å². The minimum Gasteiger partial charge on any atom is -0.329 e. The Labute approximate surface area is 150 Å². The maximum absolute atomic E-state index is 13.0. The van der Waals surface area contributed by atoms with E-state index in [1.807, 2.05) is 37.4 Å². The van der Waals surface area contributed by atoms with Crippen LogP contribution in [0.1, 0.15) is 22.0 Å². The number of nitro groups is 1. The molecule has 1 aliphatic rings. The summed E-state index contributed by atoms with van der Waals surface area (Å²) in [5.41, 5.74) is 1.07. The van der Waals surface area contributed by atoms with Crippen molar-refractivity contribution in [2.75, 3.05) is 26.7 Å². The van der Waals surface area contributed by atoms with Gasteiger partial charge in [0.2, 0.25) is 0 Å². The number of nitro benzene ring substituents is 1. The molecule has 1 heterocycles. The van der Waals surface area contributed by atoms with Gasteiger partial charge in [-0.1, -0.05) is 41.9 Å². The summed E-state index contributed by atoms with van der Waals surface area (Å²) in [4.78, 5) is 27.5. The number of likely N-dealkylation sites (N-methyl/N-ethyl adjacent to an activating group) is 1. The van der Waals surface area contributed by atoms with Crippen molar-refractivity contribution < 1.29 is 9.72 Å². The summed E-state index contributed by atoms with van der Waals surface area (Å²) >= 11 is 5.85. The average Bonchev–Trinajstić information content (AvgIpc) is 2.62. The molecule has 25 heavy (non-hydrogen) atoms. The fraction of sp³-hybridized carbons (Fsp3) is 0.278. The van der Waals surface area contributed by atoms with Gasteiger partial charge in [0.15, 0.2) is 0 Å². The zero-order valence-corrected chi connectivity index (χ0v) is 14.5. The lowest BCUT2D eigenvalue weighted by molar-refractivity contribution is -0.384. The molecule has 2 aromatic rings. The number of amides is 1. The van der Waals surface area contributed by atoms with E-state index in [1.165, 1.54) is 18.2 Å². The van der Waals surface area contributed by atoms with Crippen molar-refractivity contribution in [1.82, 2.24) is 9.80 Å². The number of benzene rings is 2. The number of piperazine rings is 1. The monoisotopic (exact) mass is 359 g/mol. The molecule has 1 aliphatic heterocycles. The van der Waals surface area contributed by atoms with Crippen LogP contribution in [-0.2, 0) is 0 Å². The molecule has 2 aromatic carbocycles. The largest absolute Gasteiger partial charge is 0.329 e. The highest BCUT2D eigenvalue weighted by Crippen LogP contribution is 2.29. The van der Waals surface area contributed by atoms with E-state index in [4.69, 9.17) is 11.6 Å². The average molecular weight is 360 g/mol. The molecular formula is C18H18ClN3O3. The van der Waals surface area contributed by atoms with Gasteiger partial charge in [-0.2, -0.15) is 0 Å². The molecule has 1 amide bonds. The van der Waals surface area contributed by atoms with Crippen molar-refractivity contribution in [2.45, 2.75) is 6.04 Å². The van der Waals surface area contributed by atoms with Crippen LogP contribution in [0.25, 0.3) is 0 Å². The molecule has 130 valence electrons. The van der Waals surface area contributed by atoms with E-state index >= 15 is 0 Å². The number of nitrogens with zero attached hydrogens (tertiary/aromatic N) is 3. The summed E-state index contributed by atoms with van der Waals surface area (Å²) in [6.45, 7) is 2.03. The van der Waals surface area contributed by atoms with Crippen molar-refractivity contribution in [3.05, 3.63) is 74.8 Å². The van der Waals surface area contributed by atoms with Gasteiger partial charge in [0.05, 0.1) is 11.0 Å². The standard InChI is InChI=1S/C18H18ClN3O3/c1-20-9-10-21(17(12-20)13-5-3-2-4-6-13)18(23)14-7-8-15(19)16(11-14)22(24)25/h2-8,11,17H,9-10,12H2,1H3. The Kier molecular flexibility index (Phi) is 5.01. The summed E-state index contributed by atoms with van der Waals surface area (Å²) in [6.07, 6.45) is 0. The van der Waals surface area contributed by atoms with Crippen LogP contribution in [0, 0.1) is 10.1 Å². The molecule has 0 spiro atoms. The first-order chi connectivity index (χ1) is 12.0. The normalized spacial score (nSPS) is 18.2. The quantitative estimate of drug-likeness (QED) is 0.622. The lowest BCUT2D eigenvalue weighted by Gasteiger charge is -2.40. The van der Waals surface area contributed by atoms with E-state index in [0.717, 1.165) is 12.1 Å². The summed E-state index contributed by atoms with van der Waals surface area (Å²) in [7, 11) is 2.02. The highest BCUT2D eigenvalue weighted by molar-refractivity contribution is 6.32. The Hall–Kier alpha value is -2.44. The third-order valence-corrected chi connectivity index (χ3v) is 4.74. The topological polar surface area (TPSA) is 66.7 Å². The first kappa shape index (κ1) is 17.4. The van der Waals surface area contributed by atoms with Crippen LogP contribution in [0.3, 0.4) is 0 Å². The Morgan fingerprint density at radius 1 is 1.20 bits per heavy atom. The van der Waals surface area contributed by atoms with E-state index < -0.39 is 4.92 Å². The minimum absolute atomic E-state index is 0.0273. The zero-order chi connectivity index (χ0) is 18.0. The number of hydrogen-bond acceptors (Lipinski definition) is 4. The molecule has 1 fully saturated rings. The summed E-state index contributed by atoms with van der Waals surface area (Å²) < 4.78 is 0. The van der Waals surface area contributed by atoms with Crippen LogP contribution >= 0.6 is 11.6 Å². The third-order valence-electron chi connectivity index (χ3n) is 4.42. The molecule has 3 rings (SSSR count). The fourth-order valence-electron chi connectivity index (χ4n) is 3.07. The molecule has 6 nitrogen and oxygen atoms in total. The molecule has 0 N–H and O–H groups in total. The summed E-state index contributed by atoms with van der Waals surface area (Å²) in [5.74, 6) is -0.221. The molecular weight excluding hydrogens is 342 g/mol. The van der Waals surface area contributed by atoms with E-state index in [0.29, 0.717) is 13.1 Å². The second-order valence-electron chi connectivity index (χ2n) is 6.11. The van der Waals surface area contributed by atoms with Gasteiger partial charge in [0.25, 0.3) is 11.6 Å². The minimum atomic E-state index is -0.572. The molecule has 0 radical (unpaired) electrons. The molecule has 0 aromatic heterocycles. The molecule has 0 aliphatic carbocycles. The van der Waals surface area contributed by atoms with Crippen LogP contribution < -0.4 is 0 Å². The van der Waals surface area contributed by atoms with Gasteiger partial charge < -0.3 is 9.80 Å². The van der Waals surface area contributed by atoms with Crippen molar-refractivity contribution >= 4 is 23.2 Å². The van der Waals surface area contributed by atoms with Crippen LogP contribution in [0.4, 0.5) is 5.69 Å². The predicted molar refractivity (Wildman–Crippen MR) is 95.8 cm³/mol. The van der Waals surface area contributed by atoms with Crippen LogP contribution in [-0.4, -0.2) is 47.3 Å². The SMILES string of the molecule is CN1CCN(C(=O)c2ccc(Cl)c([N+](=O)[O-])c2)C(c2ccccc2)C1. The van der Waals surface area contributed by atoms with Crippen LogP contribution in [0.5, 0.6) is 0 Å². The van der Waals surface area contributed by atoms with Gasteiger partial charge in [-0.25, -0.2) is 0 Å². The summed E-state index contributed by atoms with van der Waals surface area (Å²) in [5, 5.41) is 11.1. The predicted octanol–water partition coefficient (Wildman–Crippen LogP) is 3.38. The van der Waals surface area contributed by atoms with Crippen molar-refractivity contribution in [3.8, 4) is 0 Å². The lowest BCUT2D eigenvalue weighted by Crippen LogP contribution is -2.49. The molecule has 0 bridgehead atoms. The lowest BCUT2D eigenvalue weighted by atomic mass is 10.0. The van der Waals surface area contributed by atoms with Crippen molar-refractivity contribution in [2.24, 2.45) is 0 Å². The third kappa shape index (κ3) is 3.65. The van der Waals surface area contributed by atoms with E-state index in [1.54, 1.807) is 4.90 Å². The number of carbonyl (C=O) groups excluding carboxylic acids is 1. The van der Waals surface area contributed by atoms with Crippen LogP contribution in [0.2, 0.25) is 5.02 Å². The van der Waals surface area contributed by atoms with Gasteiger partial charge >= 0.3 is 0 Å². The van der Waals surface area contributed by atoms with Crippen molar-refractivity contribution in [3.63, 3.8) is 0 Å². The highest BCUT2D eigenvalue weighted by atomic mass is 35.5. The zero-order valence-electron chi connectivity index (χ0n) is 13.8. The Morgan fingerprint density at radius 2 is 1.92 bits per heavy atom. The Morgan fingerprint density at radius 3 is 2.60 bits per heavy atom. The van der Waals surface area contributed by atoms with Crippen molar-refractivity contribution in [1.29, 1.82) is 0 Å². The maximum atomic E-state index is 13.0. The summed E-state index contributed by atoms with van der Waals surface area (Å²) in [6, 6.07) is 13.9. The van der Waals surface area contributed by atoms with E-state index in [9.17, 15) is 14.9 Å². The van der Waals surface area contributed by atoms with Gasteiger partial charge in [0.1, 0.15) is 5.02 Å². The first-order valence-corrected chi connectivity index (χ1v) is 8.33. The number of carbonyl (C=O) groups is 1. The molecule has 1 saturated heterocycles. The van der Waals surface area contributed by atoms with Gasteiger partial charge in [-0.3, -0.25) is 14.9 Å². The molecule has 7 heteroatoms. The maximum Gasteiger partial charge on any atom is 0.288 e. The second-order valence-corrected chi connectivity index (χ2v) is 6.52. The number of rotatable bonds is 3. The Balaban J connectivity index is 1.94. The van der Waals surface area contributed by atoms with Gasteiger partial charge in [0, 0.05) is 31.3 Å². The first-order valence-electron chi connectivity index (χ1n) is 7.96. The van der Waals surface area contributed by atoms with Gasteiger partial charge in [-0.15, -0.1) is 0 Å². The number of halogens is 1. The Bertz CT molecular complexity index is 797. The second kappa shape index (κ2) is 7.21. The highest BCUT2D eigenvalue weighted by Gasteiger charge is 2.31. The van der Waals surface area contributed by atoms with Gasteiger partial charge in [-0.05, 0) is 24.7 Å². The smallest absolute Gasteiger partial charge is 0.288 e. The molecule has 1 atom stereocenters. The molecule has 0 saturated carbocycles.